The van der Waals surface area contributed by atoms with Gasteiger partial charge in [-0.3, -0.25) is 14.4 Å². The predicted octanol–water partition coefficient (Wildman–Crippen LogP) is 25.7. The average molecular weight is 1160 g/mol. The van der Waals surface area contributed by atoms with Crippen molar-refractivity contribution < 1.29 is 28.6 Å². The highest BCUT2D eigenvalue weighted by Gasteiger charge is 2.20. The van der Waals surface area contributed by atoms with Crippen LogP contribution in [0.2, 0.25) is 0 Å². The van der Waals surface area contributed by atoms with Crippen molar-refractivity contribution in [2.45, 2.75) is 412 Å². The van der Waals surface area contributed by atoms with Gasteiger partial charge in [0.25, 0.3) is 0 Å². The quantitative estimate of drug-likeness (QED) is 0.0261. The lowest BCUT2D eigenvalue weighted by Crippen LogP contribution is -2.30. The van der Waals surface area contributed by atoms with Crippen molar-refractivity contribution in [1.82, 2.24) is 0 Å². The Morgan fingerprint density at radius 3 is 0.735 bits per heavy atom. The number of ether oxygens (including phenoxy) is 3. The summed E-state index contributed by atoms with van der Waals surface area (Å²) in [5, 5.41) is 0. The van der Waals surface area contributed by atoms with Crippen LogP contribution in [0.4, 0.5) is 0 Å². The number of carbonyl (C=O) groups is 3. The molecule has 1 unspecified atom stereocenters. The van der Waals surface area contributed by atoms with E-state index in [0.717, 1.165) is 83.5 Å². The largest absolute Gasteiger partial charge is 0.462 e. The molecule has 0 aromatic carbocycles. The van der Waals surface area contributed by atoms with Gasteiger partial charge in [-0.15, -0.1) is 0 Å². The molecule has 0 radical (unpaired) electrons. The summed E-state index contributed by atoms with van der Waals surface area (Å²) >= 11 is 0. The van der Waals surface area contributed by atoms with Gasteiger partial charge in [0.05, 0.1) is 0 Å². The zero-order valence-electron chi connectivity index (χ0n) is 56.0. The highest BCUT2D eigenvalue weighted by molar-refractivity contribution is 5.71. The van der Waals surface area contributed by atoms with Crippen molar-refractivity contribution in [3.63, 3.8) is 0 Å². The van der Waals surface area contributed by atoms with Crippen LogP contribution in [0.5, 0.6) is 0 Å². The summed E-state index contributed by atoms with van der Waals surface area (Å²) in [5.74, 6) is -0.841. The number of unbranched alkanes of at least 4 members (excludes halogenated alkanes) is 50. The minimum atomic E-state index is -0.766. The summed E-state index contributed by atoms with van der Waals surface area (Å²) in [6.07, 6.45) is 92.0. The summed E-state index contributed by atoms with van der Waals surface area (Å²) in [6, 6.07) is 0. The Morgan fingerprint density at radius 1 is 0.253 bits per heavy atom. The normalized spacial score (nSPS) is 12.3. The van der Waals surface area contributed by atoms with Crippen molar-refractivity contribution in [1.29, 1.82) is 0 Å². The maximum atomic E-state index is 12.9. The van der Waals surface area contributed by atoms with Crippen molar-refractivity contribution in [3.05, 3.63) is 48.6 Å². The molecule has 0 N–H and O–H groups in total. The van der Waals surface area contributed by atoms with Gasteiger partial charge < -0.3 is 14.2 Å². The highest BCUT2D eigenvalue weighted by atomic mass is 16.6. The van der Waals surface area contributed by atoms with E-state index < -0.39 is 6.10 Å². The first-order valence-corrected chi connectivity index (χ1v) is 37.1. The van der Waals surface area contributed by atoms with E-state index >= 15 is 0 Å². The molecule has 0 saturated carbocycles. The van der Waals surface area contributed by atoms with E-state index in [2.05, 4.69) is 69.4 Å². The SMILES string of the molecule is CC/C=C\C/C=C\C/C=C\C/C=C\CCCCCCCCCCCCCCCCCCCCCCCCC(=O)OCC(COC(=O)CCCCCCCCC)OC(=O)CCCCCCCCCCCCCCCCCCCCCCCCC. The van der Waals surface area contributed by atoms with Gasteiger partial charge in [-0.25, -0.2) is 0 Å². The van der Waals surface area contributed by atoms with Crippen LogP contribution in [0.3, 0.4) is 0 Å². The van der Waals surface area contributed by atoms with Crippen LogP contribution in [0, 0.1) is 0 Å². The Bertz CT molecular complexity index is 1430. The minimum Gasteiger partial charge on any atom is -0.462 e. The number of esters is 3. The van der Waals surface area contributed by atoms with Crippen molar-refractivity contribution in [3.8, 4) is 0 Å². The first-order valence-electron chi connectivity index (χ1n) is 37.1. The molecule has 0 saturated heterocycles. The van der Waals surface area contributed by atoms with E-state index in [1.54, 1.807) is 0 Å². The van der Waals surface area contributed by atoms with Crippen LogP contribution in [0.15, 0.2) is 48.6 Å². The summed E-state index contributed by atoms with van der Waals surface area (Å²) in [5.41, 5.74) is 0. The lowest BCUT2D eigenvalue weighted by atomic mass is 10.0. The highest BCUT2D eigenvalue weighted by Crippen LogP contribution is 2.19. The van der Waals surface area contributed by atoms with Gasteiger partial charge in [-0.05, 0) is 57.8 Å². The molecule has 0 fully saturated rings. The minimum absolute atomic E-state index is 0.0649. The van der Waals surface area contributed by atoms with E-state index in [1.165, 1.54) is 283 Å². The molecule has 0 rings (SSSR count). The number of rotatable bonds is 69. The molecular weight excluding hydrogens is 1020 g/mol. The van der Waals surface area contributed by atoms with Crippen LogP contribution in [-0.2, 0) is 28.6 Å². The molecule has 0 aliphatic carbocycles. The van der Waals surface area contributed by atoms with Crippen molar-refractivity contribution in [2.75, 3.05) is 13.2 Å². The van der Waals surface area contributed by atoms with Crippen molar-refractivity contribution >= 4 is 17.9 Å². The van der Waals surface area contributed by atoms with E-state index in [-0.39, 0.29) is 31.1 Å². The van der Waals surface area contributed by atoms with Gasteiger partial charge in [0.2, 0.25) is 0 Å². The van der Waals surface area contributed by atoms with Crippen LogP contribution < -0.4 is 0 Å². The molecule has 486 valence electrons. The summed E-state index contributed by atoms with van der Waals surface area (Å²) in [7, 11) is 0. The third-order valence-corrected chi connectivity index (χ3v) is 16.8. The molecule has 0 amide bonds. The Labute approximate surface area is 518 Å². The van der Waals surface area contributed by atoms with Crippen LogP contribution in [-0.4, -0.2) is 37.2 Å². The molecule has 6 heteroatoms. The Morgan fingerprint density at radius 2 is 0.470 bits per heavy atom. The number of carbonyl (C=O) groups excluding carboxylic acids is 3. The fourth-order valence-corrected chi connectivity index (χ4v) is 11.3. The predicted molar refractivity (Wildman–Crippen MR) is 362 cm³/mol. The fourth-order valence-electron chi connectivity index (χ4n) is 11.3. The Balaban J connectivity index is 3.94. The van der Waals surface area contributed by atoms with Gasteiger partial charge >= 0.3 is 17.9 Å². The second-order valence-electron chi connectivity index (χ2n) is 25.2. The van der Waals surface area contributed by atoms with E-state index in [4.69, 9.17) is 14.2 Å². The Kier molecular flexibility index (Phi) is 69.6. The maximum absolute atomic E-state index is 12.9. The maximum Gasteiger partial charge on any atom is 0.306 e. The standard InChI is InChI=1S/C77H142O6/c1-4-7-10-13-16-18-20-22-24-26-28-30-32-33-34-35-36-37-38-39-40-41-42-43-45-46-48-50-52-54-56-58-61-64-67-70-76(79)82-73-74(72-81-75(78)69-66-63-60-15-12-9-6-3)83-77(80)71-68-65-62-59-57-55-53-51-49-47-44-31-29-27-25-23-21-19-17-14-11-8-5-2/h7,10,16,18,22,24,28,30,74H,4-6,8-9,11-15,17,19-21,23,25-27,29,31-73H2,1-3H3/b10-7-,18-16-,24-22-,30-28-. The average Bonchev–Trinajstić information content (AvgIpc) is 3.49. The molecular formula is C77H142O6. The second kappa shape index (κ2) is 71.8. The molecule has 0 spiro atoms. The molecule has 0 bridgehead atoms. The van der Waals surface area contributed by atoms with Crippen LogP contribution >= 0.6 is 0 Å². The second-order valence-corrected chi connectivity index (χ2v) is 25.2. The third kappa shape index (κ3) is 70.0. The first kappa shape index (κ1) is 80.4. The van der Waals surface area contributed by atoms with Gasteiger partial charge in [-0.2, -0.15) is 0 Å². The molecule has 0 aromatic heterocycles. The third-order valence-electron chi connectivity index (χ3n) is 16.8. The smallest absolute Gasteiger partial charge is 0.306 e. The number of allylic oxidation sites excluding steroid dienone is 8. The lowest BCUT2D eigenvalue weighted by Gasteiger charge is -2.18. The zero-order valence-corrected chi connectivity index (χ0v) is 56.0. The number of hydrogen-bond acceptors (Lipinski definition) is 6. The first-order chi connectivity index (χ1) is 41.0. The van der Waals surface area contributed by atoms with Crippen LogP contribution in [0.25, 0.3) is 0 Å². The molecule has 0 aliphatic rings. The molecule has 0 aliphatic heterocycles. The summed E-state index contributed by atoms with van der Waals surface area (Å²) in [4.78, 5) is 38.2. The van der Waals surface area contributed by atoms with E-state index in [9.17, 15) is 14.4 Å². The topological polar surface area (TPSA) is 78.9 Å². The zero-order chi connectivity index (χ0) is 59.9. The number of hydrogen-bond donors (Lipinski definition) is 0. The summed E-state index contributed by atoms with van der Waals surface area (Å²) < 4.78 is 16.9. The molecule has 1 atom stereocenters. The van der Waals surface area contributed by atoms with Gasteiger partial charge in [0.1, 0.15) is 13.2 Å². The van der Waals surface area contributed by atoms with E-state index in [0.29, 0.717) is 19.3 Å². The molecule has 6 nitrogen and oxygen atoms in total. The van der Waals surface area contributed by atoms with Crippen molar-refractivity contribution in [2.24, 2.45) is 0 Å². The van der Waals surface area contributed by atoms with E-state index in [1.807, 2.05) is 0 Å². The molecule has 0 heterocycles. The molecule has 83 heavy (non-hydrogen) atoms. The fraction of sp³-hybridized carbons (Fsp3) is 0.857. The van der Waals surface area contributed by atoms with Crippen LogP contribution in [0.1, 0.15) is 406 Å². The molecule has 0 aromatic rings. The Hall–Kier alpha value is -2.63. The van der Waals surface area contributed by atoms with Gasteiger partial charge in [0, 0.05) is 19.3 Å². The monoisotopic (exact) mass is 1160 g/mol. The lowest BCUT2D eigenvalue weighted by molar-refractivity contribution is -0.167. The summed E-state index contributed by atoms with van der Waals surface area (Å²) in [6.45, 7) is 6.56. The van der Waals surface area contributed by atoms with Gasteiger partial charge in [-0.1, -0.05) is 378 Å². The van der Waals surface area contributed by atoms with Gasteiger partial charge in [0.15, 0.2) is 6.10 Å².